The van der Waals surface area contributed by atoms with E-state index in [-0.39, 0.29) is 23.2 Å². The van der Waals surface area contributed by atoms with Crippen molar-refractivity contribution in [3.05, 3.63) is 95.2 Å². The maximum absolute atomic E-state index is 12.7. The van der Waals surface area contributed by atoms with Crippen LogP contribution in [0.4, 0.5) is 11.6 Å². The maximum atomic E-state index is 12.7. The van der Waals surface area contributed by atoms with E-state index >= 15 is 0 Å². The Hall–Kier alpha value is -4.18. The van der Waals surface area contributed by atoms with Gasteiger partial charge < -0.3 is 14.5 Å². The van der Waals surface area contributed by atoms with Crippen LogP contribution < -0.4 is 14.8 Å². The fourth-order valence-corrected chi connectivity index (χ4v) is 4.24. The van der Waals surface area contributed by atoms with E-state index < -0.39 is 15.9 Å². The average molecular weight is 493 g/mol. The second-order valence-electron chi connectivity index (χ2n) is 7.93. The number of nitrogens with zero attached hydrogens (tertiary/aromatic N) is 2. The van der Waals surface area contributed by atoms with E-state index in [4.69, 9.17) is 9.15 Å². The first-order chi connectivity index (χ1) is 16.7. The number of ether oxygens (including phenoxy) is 1. The summed E-state index contributed by atoms with van der Waals surface area (Å²) in [6.07, 6.45) is 0. The minimum atomic E-state index is -3.89. The zero-order valence-corrected chi connectivity index (χ0v) is 20.2. The number of nitrogens with one attached hydrogen (secondary N) is 2. The van der Waals surface area contributed by atoms with E-state index in [9.17, 15) is 13.2 Å². The standard InChI is InChI=1S/C25H24N4O5S/c1-16-5-4-6-20(13-16)33-15-21-9-12-23(34-21)24(30)28-19-7-10-22(11-8-19)35(31,32)29-25-26-17(2)14-18(3)27-25/h4-14H,15H2,1-3H3,(H,28,30)(H,26,27,29). The van der Waals surface area contributed by atoms with Gasteiger partial charge in [-0.25, -0.2) is 23.1 Å². The van der Waals surface area contributed by atoms with Crippen molar-refractivity contribution in [1.82, 2.24) is 9.97 Å². The van der Waals surface area contributed by atoms with Crippen LogP contribution in [0.3, 0.4) is 0 Å². The molecule has 1 amide bonds. The molecule has 0 spiro atoms. The molecule has 2 aromatic heterocycles. The Morgan fingerprint density at radius 1 is 0.943 bits per heavy atom. The molecule has 0 saturated carbocycles. The minimum Gasteiger partial charge on any atom is -0.486 e. The van der Waals surface area contributed by atoms with Crippen molar-refractivity contribution < 1.29 is 22.4 Å². The monoisotopic (exact) mass is 492 g/mol. The van der Waals surface area contributed by atoms with Crippen LogP contribution in [-0.2, 0) is 16.6 Å². The molecule has 0 radical (unpaired) electrons. The van der Waals surface area contributed by atoms with E-state index in [0.717, 1.165) is 5.56 Å². The third-order valence-electron chi connectivity index (χ3n) is 4.89. The molecule has 2 heterocycles. The Kier molecular flexibility index (Phi) is 6.83. The zero-order valence-electron chi connectivity index (χ0n) is 19.4. The molecule has 4 rings (SSSR count). The van der Waals surface area contributed by atoms with Crippen LogP contribution in [0.2, 0.25) is 0 Å². The molecule has 4 aromatic rings. The Bertz CT molecular complexity index is 1440. The zero-order chi connectivity index (χ0) is 25.0. The second kappa shape index (κ2) is 9.98. The number of hydrogen-bond donors (Lipinski definition) is 2. The van der Waals surface area contributed by atoms with Gasteiger partial charge in [0.15, 0.2) is 5.76 Å². The van der Waals surface area contributed by atoms with Crippen molar-refractivity contribution in [2.75, 3.05) is 10.0 Å². The van der Waals surface area contributed by atoms with Gasteiger partial charge in [0.1, 0.15) is 18.1 Å². The highest BCUT2D eigenvalue weighted by Crippen LogP contribution is 2.19. The second-order valence-corrected chi connectivity index (χ2v) is 9.61. The maximum Gasteiger partial charge on any atom is 0.291 e. The number of anilines is 2. The molecular formula is C25H24N4O5S. The van der Waals surface area contributed by atoms with Crippen molar-refractivity contribution in [2.45, 2.75) is 32.3 Å². The number of aryl methyl sites for hydroxylation is 3. The van der Waals surface area contributed by atoms with Gasteiger partial charge in [-0.05, 0) is 80.9 Å². The van der Waals surface area contributed by atoms with Crippen LogP contribution in [0.25, 0.3) is 0 Å². The third-order valence-corrected chi connectivity index (χ3v) is 6.23. The van der Waals surface area contributed by atoms with Crippen molar-refractivity contribution in [1.29, 1.82) is 0 Å². The summed E-state index contributed by atoms with van der Waals surface area (Å²) in [5.74, 6) is 0.848. The van der Waals surface area contributed by atoms with E-state index in [1.165, 1.54) is 24.3 Å². The quantitative estimate of drug-likeness (QED) is 0.368. The predicted octanol–water partition coefficient (Wildman–Crippen LogP) is 4.63. The van der Waals surface area contributed by atoms with E-state index in [1.807, 2.05) is 31.2 Å². The topological polar surface area (TPSA) is 123 Å². The van der Waals surface area contributed by atoms with Gasteiger partial charge in [-0.3, -0.25) is 4.79 Å². The van der Waals surface area contributed by atoms with Gasteiger partial charge in [0.25, 0.3) is 15.9 Å². The molecule has 0 saturated heterocycles. The van der Waals surface area contributed by atoms with Crippen molar-refractivity contribution >= 4 is 27.6 Å². The number of aromatic nitrogens is 2. The summed E-state index contributed by atoms with van der Waals surface area (Å²) in [6, 6.07) is 18.3. The lowest BCUT2D eigenvalue weighted by atomic mass is 10.2. The summed E-state index contributed by atoms with van der Waals surface area (Å²) in [6.45, 7) is 5.66. The minimum absolute atomic E-state index is 0.000110. The number of sulfonamides is 1. The van der Waals surface area contributed by atoms with Gasteiger partial charge >= 0.3 is 0 Å². The lowest BCUT2D eigenvalue weighted by Crippen LogP contribution is -2.16. The molecule has 0 fully saturated rings. The van der Waals surface area contributed by atoms with Crippen LogP contribution in [-0.4, -0.2) is 24.3 Å². The molecule has 0 bridgehead atoms. The van der Waals surface area contributed by atoms with Gasteiger partial charge in [-0.15, -0.1) is 0 Å². The molecule has 10 heteroatoms. The van der Waals surface area contributed by atoms with Crippen LogP contribution in [0.5, 0.6) is 5.75 Å². The van der Waals surface area contributed by atoms with E-state index in [0.29, 0.717) is 28.6 Å². The Morgan fingerprint density at radius 3 is 2.34 bits per heavy atom. The highest BCUT2D eigenvalue weighted by molar-refractivity contribution is 7.92. The van der Waals surface area contributed by atoms with Gasteiger partial charge in [0.2, 0.25) is 5.95 Å². The van der Waals surface area contributed by atoms with Gasteiger partial charge in [0.05, 0.1) is 4.90 Å². The Balaban J connectivity index is 1.37. The van der Waals surface area contributed by atoms with Crippen molar-refractivity contribution in [3.8, 4) is 5.75 Å². The highest BCUT2D eigenvalue weighted by Gasteiger charge is 2.17. The number of furan rings is 1. The van der Waals surface area contributed by atoms with Gasteiger partial charge in [-0.1, -0.05) is 12.1 Å². The lowest BCUT2D eigenvalue weighted by molar-refractivity contribution is 0.0992. The molecule has 0 unspecified atom stereocenters. The Labute approximate surface area is 203 Å². The molecule has 0 aliphatic rings. The fourth-order valence-electron chi connectivity index (χ4n) is 3.30. The third kappa shape index (κ3) is 6.24. The number of carbonyl (C=O) groups is 1. The first-order valence-electron chi connectivity index (χ1n) is 10.7. The molecule has 9 nitrogen and oxygen atoms in total. The van der Waals surface area contributed by atoms with Crippen LogP contribution in [0.15, 0.2) is 76.0 Å². The summed E-state index contributed by atoms with van der Waals surface area (Å²) in [5.41, 5.74) is 2.79. The molecule has 2 N–H and O–H groups in total. The first kappa shape index (κ1) is 24.0. The van der Waals surface area contributed by atoms with Gasteiger partial charge in [-0.2, -0.15) is 0 Å². The number of rotatable bonds is 8. The SMILES string of the molecule is Cc1cccc(OCc2ccc(C(=O)Nc3ccc(S(=O)(=O)Nc4nc(C)cc(C)n4)cc3)o2)c1. The largest absolute Gasteiger partial charge is 0.486 e. The normalized spacial score (nSPS) is 11.2. The Morgan fingerprint density at radius 2 is 1.66 bits per heavy atom. The van der Waals surface area contributed by atoms with Crippen LogP contribution in [0.1, 0.15) is 33.3 Å². The highest BCUT2D eigenvalue weighted by atomic mass is 32.2. The number of benzene rings is 2. The molecule has 0 aliphatic heterocycles. The molecule has 0 atom stereocenters. The molecule has 0 aliphatic carbocycles. The number of amides is 1. The molecule has 2 aromatic carbocycles. The summed E-state index contributed by atoms with van der Waals surface area (Å²) in [5, 5.41) is 2.68. The number of hydrogen-bond acceptors (Lipinski definition) is 7. The summed E-state index contributed by atoms with van der Waals surface area (Å²) < 4.78 is 39.0. The van der Waals surface area contributed by atoms with Crippen LogP contribution in [0, 0.1) is 20.8 Å². The lowest BCUT2D eigenvalue weighted by Gasteiger charge is -2.09. The molecule has 35 heavy (non-hydrogen) atoms. The predicted molar refractivity (Wildman–Crippen MR) is 131 cm³/mol. The van der Waals surface area contributed by atoms with Crippen LogP contribution >= 0.6 is 0 Å². The number of carbonyl (C=O) groups excluding carboxylic acids is 1. The average Bonchev–Trinajstić information content (AvgIpc) is 3.26. The van der Waals surface area contributed by atoms with E-state index in [1.54, 1.807) is 32.0 Å². The van der Waals surface area contributed by atoms with Gasteiger partial charge in [0, 0.05) is 17.1 Å². The summed E-state index contributed by atoms with van der Waals surface area (Å²) >= 11 is 0. The summed E-state index contributed by atoms with van der Waals surface area (Å²) in [4.78, 5) is 20.7. The molecule has 180 valence electrons. The summed E-state index contributed by atoms with van der Waals surface area (Å²) in [7, 11) is -3.89. The van der Waals surface area contributed by atoms with Crippen molar-refractivity contribution in [2.24, 2.45) is 0 Å². The first-order valence-corrected chi connectivity index (χ1v) is 12.2. The smallest absolute Gasteiger partial charge is 0.291 e. The van der Waals surface area contributed by atoms with Crippen molar-refractivity contribution in [3.63, 3.8) is 0 Å². The molecular weight excluding hydrogens is 468 g/mol. The fraction of sp³-hybridized carbons (Fsp3) is 0.160. The van der Waals surface area contributed by atoms with E-state index in [2.05, 4.69) is 20.0 Å².